The average Bonchev–Trinajstić information content (AvgIpc) is 2.62. The summed E-state index contributed by atoms with van der Waals surface area (Å²) in [5, 5.41) is 12.3. The molecular weight excluding hydrogens is 333 g/mol. The molecule has 132 valence electrons. The number of hydrogen-bond donors (Lipinski definition) is 2. The number of halogens is 1. The van der Waals surface area contributed by atoms with Gasteiger partial charge in [0.1, 0.15) is 11.6 Å². The van der Waals surface area contributed by atoms with Crippen molar-refractivity contribution in [1.29, 1.82) is 0 Å². The highest BCUT2D eigenvalue weighted by molar-refractivity contribution is 5.92. The predicted molar refractivity (Wildman–Crippen MR) is 97.0 cm³/mol. The fourth-order valence-electron chi connectivity index (χ4n) is 2.56. The maximum absolute atomic E-state index is 13.2. The Kier molecular flexibility index (Phi) is 5.22. The van der Waals surface area contributed by atoms with E-state index in [1.54, 1.807) is 43.3 Å². The molecular formula is C20H18FN3O2. The number of amides is 1. The van der Waals surface area contributed by atoms with E-state index in [9.17, 15) is 14.3 Å². The van der Waals surface area contributed by atoms with Gasteiger partial charge in [0, 0.05) is 11.5 Å². The molecule has 1 unspecified atom stereocenters. The number of rotatable bonds is 5. The van der Waals surface area contributed by atoms with Crippen molar-refractivity contribution in [2.45, 2.75) is 13.3 Å². The smallest absolute Gasteiger partial charge is 0.227 e. The molecule has 0 spiro atoms. The van der Waals surface area contributed by atoms with Gasteiger partial charge in [-0.15, -0.1) is 0 Å². The molecule has 2 aromatic carbocycles. The van der Waals surface area contributed by atoms with E-state index in [-0.39, 0.29) is 23.4 Å². The molecule has 26 heavy (non-hydrogen) atoms. The van der Waals surface area contributed by atoms with Gasteiger partial charge in [-0.3, -0.25) is 4.79 Å². The van der Waals surface area contributed by atoms with Crippen molar-refractivity contribution in [1.82, 2.24) is 9.97 Å². The number of phenolic OH excluding ortho intramolecular Hbond substituents is 1. The summed E-state index contributed by atoms with van der Waals surface area (Å²) in [6, 6.07) is 12.8. The molecule has 6 heteroatoms. The van der Waals surface area contributed by atoms with Crippen molar-refractivity contribution in [2.24, 2.45) is 5.92 Å². The van der Waals surface area contributed by atoms with Gasteiger partial charge in [0.15, 0.2) is 5.82 Å². The first-order chi connectivity index (χ1) is 12.5. The standard InChI is InChI=1S/C20H18FN3O2/c1-13(8-14-4-2-6-16(21)9-14)20(26)24-17-11-22-19(23-12-17)15-5-3-7-18(25)10-15/h2-7,9-13,25H,8H2,1H3,(H,24,26). The predicted octanol–water partition coefficient (Wildman–Crippen LogP) is 3.81. The molecule has 2 N–H and O–H groups in total. The number of hydrogen-bond acceptors (Lipinski definition) is 4. The van der Waals surface area contributed by atoms with Crippen LogP contribution in [0.5, 0.6) is 5.75 Å². The van der Waals surface area contributed by atoms with Crippen molar-refractivity contribution < 1.29 is 14.3 Å². The van der Waals surface area contributed by atoms with Crippen LogP contribution in [0, 0.1) is 11.7 Å². The maximum atomic E-state index is 13.2. The highest BCUT2D eigenvalue weighted by atomic mass is 19.1. The summed E-state index contributed by atoms with van der Waals surface area (Å²) in [7, 11) is 0. The van der Waals surface area contributed by atoms with Gasteiger partial charge in [-0.2, -0.15) is 0 Å². The average molecular weight is 351 g/mol. The molecule has 0 saturated heterocycles. The quantitative estimate of drug-likeness (QED) is 0.733. The second-order valence-electron chi connectivity index (χ2n) is 6.07. The second kappa shape index (κ2) is 7.74. The molecule has 3 aromatic rings. The monoisotopic (exact) mass is 351 g/mol. The number of aromatic hydroxyl groups is 1. The first kappa shape index (κ1) is 17.5. The van der Waals surface area contributed by atoms with Gasteiger partial charge in [0.2, 0.25) is 5.91 Å². The molecule has 0 bridgehead atoms. The van der Waals surface area contributed by atoms with E-state index in [4.69, 9.17) is 0 Å². The Morgan fingerprint density at radius 3 is 2.58 bits per heavy atom. The number of nitrogens with zero attached hydrogens (tertiary/aromatic N) is 2. The van der Waals surface area contributed by atoms with Gasteiger partial charge < -0.3 is 10.4 Å². The summed E-state index contributed by atoms with van der Waals surface area (Å²) in [5.41, 5.74) is 1.93. The van der Waals surface area contributed by atoms with Crippen LogP contribution in [0.25, 0.3) is 11.4 Å². The zero-order chi connectivity index (χ0) is 18.5. The van der Waals surface area contributed by atoms with Crippen molar-refractivity contribution in [3.05, 3.63) is 72.3 Å². The summed E-state index contributed by atoms with van der Waals surface area (Å²) in [6.07, 6.45) is 3.46. The van der Waals surface area contributed by atoms with E-state index < -0.39 is 0 Å². The van der Waals surface area contributed by atoms with Gasteiger partial charge in [-0.25, -0.2) is 14.4 Å². The Balaban J connectivity index is 1.64. The van der Waals surface area contributed by atoms with Crippen LogP contribution in [0.15, 0.2) is 60.9 Å². The van der Waals surface area contributed by atoms with Crippen molar-refractivity contribution >= 4 is 11.6 Å². The molecule has 1 amide bonds. The van der Waals surface area contributed by atoms with Crippen molar-refractivity contribution in [2.75, 3.05) is 5.32 Å². The zero-order valence-corrected chi connectivity index (χ0v) is 14.2. The molecule has 1 aromatic heterocycles. The number of anilines is 1. The molecule has 5 nitrogen and oxygen atoms in total. The molecule has 1 atom stereocenters. The van der Waals surface area contributed by atoms with Crippen LogP contribution in [0.1, 0.15) is 12.5 Å². The lowest BCUT2D eigenvalue weighted by Gasteiger charge is -2.12. The Labute approximate surface area is 150 Å². The summed E-state index contributed by atoms with van der Waals surface area (Å²) >= 11 is 0. The minimum absolute atomic E-state index is 0.134. The van der Waals surface area contributed by atoms with Crippen LogP contribution < -0.4 is 5.32 Å². The summed E-state index contributed by atoms with van der Waals surface area (Å²) in [5.74, 6) is -0.252. The first-order valence-electron chi connectivity index (χ1n) is 8.18. The number of aromatic nitrogens is 2. The number of benzene rings is 2. The van der Waals surface area contributed by atoms with E-state index in [1.807, 2.05) is 0 Å². The van der Waals surface area contributed by atoms with Gasteiger partial charge in [0.05, 0.1) is 18.1 Å². The van der Waals surface area contributed by atoms with Gasteiger partial charge in [-0.1, -0.05) is 31.2 Å². The molecule has 0 aliphatic heterocycles. The van der Waals surface area contributed by atoms with Crippen LogP contribution in [-0.4, -0.2) is 21.0 Å². The van der Waals surface area contributed by atoms with E-state index in [0.29, 0.717) is 23.5 Å². The lowest BCUT2D eigenvalue weighted by atomic mass is 10.0. The van der Waals surface area contributed by atoms with E-state index in [1.165, 1.54) is 24.5 Å². The van der Waals surface area contributed by atoms with Gasteiger partial charge >= 0.3 is 0 Å². The Morgan fingerprint density at radius 2 is 1.88 bits per heavy atom. The third kappa shape index (κ3) is 4.42. The highest BCUT2D eigenvalue weighted by Crippen LogP contribution is 2.20. The SMILES string of the molecule is CC(Cc1cccc(F)c1)C(=O)Nc1cnc(-c2cccc(O)c2)nc1. The normalized spacial score (nSPS) is 11.8. The summed E-state index contributed by atoms with van der Waals surface area (Å²) in [6.45, 7) is 1.78. The largest absolute Gasteiger partial charge is 0.508 e. The van der Waals surface area contributed by atoms with Gasteiger partial charge in [-0.05, 0) is 36.2 Å². The minimum Gasteiger partial charge on any atom is -0.508 e. The number of carbonyl (C=O) groups excluding carboxylic acids is 1. The third-order valence-electron chi connectivity index (χ3n) is 3.90. The van der Waals surface area contributed by atoms with Crippen LogP contribution >= 0.6 is 0 Å². The molecule has 0 radical (unpaired) electrons. The maximum Gasteiger partial charge on any atom is 0.227 e. The Hall–Kier alpha value is -3.28. The molecule has 0 aliphatic rings. The molecule has 0 saturated carbocycles. The topological polar surface area (TPSA) is 75.1 Å². The fraction of sp³-hybridized carbons (Fsp3) is 0.150. The molecule has 1 heterocycles. The fourth-order valence-corrected chi connectivity index (χ4v) is 2.56. The number of nitrogens with one attached hydrogen (secondary N) is 1. The van der Waals surface area contributed by atoms with Crippen molar-refractivity contribution in [3.63, 3.8) is 0 Å². The molecule has 0 aliphatic carbocycles. The van der Waals surface area contributed by atoms with Crippen molar-refractivity contribution in [3.8, 4) is 17.1 Å². The molecule has 0 fully saturated rings. The Bertz CT molecular complexity index is 913. The summed E-state index contributed by atoms with van der Waals surface area (Å²) in [4.78, 5) is 20.7. The van der Waals surface area contributed by atoms with E-state index >= 15 is 0 Å². The second-order valence-corrected chi connectivity index (χ2v) is 6.07. The number of carbonyl (C=O) groups is 1. The highest BCUT2D eigenvalue weighted by Gasteiger charge is 2.14. The van der Waals surface area contributed by atoms with Crippen LogP contribution in [0.3, 0.4) is 0 Å². The van der Waals surface area contributed by atoms with Crippen LogP contribution in [0.4, 0.5) is 10.1 Å². The van der Waals surface area contributed by atoms with E-state index in [2.05, 4.69) is 15.3 Å². The lowest BCUT2D eigenvalue weighted by Crippen LogP contribution is -2.22. The first-order valence-corrected chi connectivity index (χ1v) is 8.18. The van der Waals surface area contributed by atoms with Gasteiger partial charge in [0.25, 0.3) is 0 Å². The molecule has 3 rings (SSSR count). The van der Waals surface area contributed by atoms with Crippen LogP contribution in [-0.2, 0) is 11.2 Å². The summed E-state index contributed by atoms with van der Waals surface area (Å²) < 4.78 is 13.2. The zero-order valence-electron chi connectivity index (χ0n) is 14.2. The third-order valence-corrected chi connectivity index (χ3v) is 3.90. The van der Waals surface area contributed by atoms with E-state index in [0.717, 1.165) is 5.56 Å². The number of phenols is 1. The minimum atomic E-state index is -0.331. The van der Waals surface area contributed by atoms with Crippen LogP contribution in [0.2, 0.25) is 0 Å². The lowest BCUT2D eigenvalue weighted by molar-refractivity contribution is -0.119. The Morgan fingerprint density at radius 1 is 1.15 bits per heavy atom.